The smallest absolute Gasteiger partial charge is 0.254 e. The van der Waals surface area contributed by atoms with Gasteiger partial charge in [0.1, 0.15) is 5.75 Å². The van der Waals surface area contributed by atoms with E-state index in [2.05, 4.69) is 4.90 Å². The maximum atomic E-state index is 12.6. The molecule has 0 N–H and O–H groups in total. The van der Waals surface area contributed by atoms with Crippen molar-refractivity contribution in [2.24, 2.45) is 0 Å². The summed E-state index contributed by atoms with van der Waals surface area (Å²) < 4.78 is 5.42. The van der Waals surface area contributed by atoms with Gasteiger partial charge in [-0.3, -0.25) is 4.79 Å². The highest BCUT2D eigenvalue weighted by Crippen LogP contribution is 2.29. The number of nitrogens with zero attached hydrogens (tertiary/aromatic N) is 2. The summed E-state index contributed by atoms with van der Waals surface area (Å²) in [6, 6.07) is 12.9. The predicted molar refractivity (Wildman–Crippen MR) is 97.6 cm³/mol. The summed E-state index contributed by atoms with van der Waals surface area (Å²) in [5, 5.41) is 0.851. The number of hydrogen-bond donors (Lipinski definition) is 0. The number of para-hydroxylation sites is 2. The Morgan fingerprint density at radius 1 is 1.00 bits per heavy atom. The molecule has 0 aliphatic carbocycles. The number of methoxy groups -OCH3 is 1. The number of halogens is 2. The van der Waals surface area contributed by atoms with Crippen LogP contribution in [0.25, 0.3) is 0 Å². The Morgan fingerprint density at radius 2 is 1.71 bits per heavy atom. The Balaban J connectivity index is 1.68. The summed E-state index contributed by atoms with van der Waals surface area (Å²) in [4.78, 5) is 16.7. The van der Waals surface area contributed by atoms with Crippen LogP contribution in [0.4, 0.5) is 5.69 Å². The molecule has 1 aliphatic heterocycles. The molecule has 2 aromatic carbocycles. The van der Waals surface area contributed by atoms with E-state index in [9.17, 15) is 4.79 Å². The molecule has 24 heavy (non-hydrogen) atoms. The first kappa shape index (κ1) is 16.9. The van der Waals surface area contributed by atoms with Crippen molar-refractivity contribution in [2.75, 3.05) is 38.2 Å². The van der Waals surface area contributed by atoms with Crippen LogP contribution in [-0.4, -0.2) is 44.1 Å². The molecule has 0 saturated carbocycles. The third-order valence-corrected chi connectivity index (χ3v) is 4.90. The van der Waals surface area contributed by atoms with Crippen LogP contribution >= 0.6 is 23.2 Å². The molecule has 4 nitrogen and oxygen atoms in total. The number of anilines is 1. The van der Waals surface area contributed by atoms with Gasteiger partial charge < -0.3 is 14.5 Å². The molecule has 0 aromatic heterocycles. The number of rotatable bonds is 3. The van der Waals surface area contributed by atoms with E-state index in [1.807, 2.05) is 29.2 Å². The minimum absolute atomic E-state index is 0.0201. The van der Waals surface area contributed by atoms with Gasteiger partial charge in [0.15, 0.2) is 0 Å². The van der Waals surface area contributed by atoms with Gasteiger partial charge in [-0.1, -0.05) is 35.3 Å². The van der Waals surface area contributed by atoms with E-state index in [0.29, 0.717) is 28.7 Å². The molecule has 0 bridgehead atoms. The van der Waals surface area contributed by atoms with Crippen LogP contribution in [0.2, 0.25) is 10.0 Å². The summed E-state index contributed by atoms with van der Waals surface area (Å²) in [6.07, 6.45) is 0. The van der Waals surface area contributed by atoms with Crippen LogP contribution in [0, 0.1) is 0 Å². The Kier molecular flexibility index (Phi) is 5.17. The van der Waals surface area contributed by atoms with Crippen molar-refractivity contribution in [1.29, 1.82) is 0 Å². The van der Waals surface area contributed by atoms with Crippen LogP contribution in [0.1, 0.15) is 10.4 Å². The fourth-order valence-electron chi connectivity index (χ4n) is 2.85. The zero-order chi connectivity index (χ0) is 17.1. The second kappa shape index (κ2) is 7.32. The average Bonchev–Trinajstić information content (AvgIpc) is 2.63. The van der Waals surface area contributed by atoms with Gasteiger partial charge in [-0.25, -0.2) is 0 Å². The van der Waals surface area contributed by atoms with Crippen LogP contribution in [-0.2, 0) is 0 Å². The molecule has 1 amide bonds. The number of carbonyl (C=O) groups excluding carboxylic acids is 1. The van der Waals surface area contributed by atoms with Crippen molar-refractivity contribution in [3.63, 3.8) is 0 Å². The first-order chi connectivity index (χ1) is 11.6. The van der Waals surface area contributed by atoms with E-state index >= 15 is 0 Å². The fraction of sp³-hybridized carbons (Fsp3) is 0.278. The Bertz CT molecular complexity index is 744. The Morgan fingerprint density at radius 3 is 2.38 bits per heavy atom. The van der Waals surface area contributed by atoms with Gasteiger partial charge in [-0.15, -0.1) is 0 Å². The molecule has 1 aliphatic rings. The minimum Gasteiger partial charge on any atom is -0.495 e. The molecule has 2 aromatic rings. The first-order valence-corrected chi connectivity index (χ1v) is 8.48. The quantitative estimate of drug-likeness (QED) is 0.825. The van der Waals surface area contributed by atoms with Crippen LogP contribution in [0.3, 0.4) is 0 Å². The molecule has 126 valence electrons. The number of benzene rings is 2. The number of ether oxygens (including phenoxy) is 1. The van der Waals surface area contributed by atoms with E-state index < -0.39 is 0 Å². The summed E-state index contributed by atoms with van der Waals surface area (Å²) in [7, 11) is 1.67. The summed E-state index contributed by atoms with van der Waals surface area (Å²) in [5.74, 6) is 0.829. The molecule has 0 spiro atoms. The van der Waals surface area contributed by atoms with Gasteiger partial charge in [-0.05, 0) is 30.3 Å². The van der Waals surface area contributed by atoms with Crippen molar-refractivity contribution in [1.82, 2.24) is 4.90 Å². The highest BCUT2D eigenvalue weighted by molar-refractivity contribution is 6.42. The molecule has 1 fully saturated rings. The van der Waals surface area contributed by atoms with Gasteiger partial charge in [-0.2, -0.15) is 0 Å². The molecule has 0 radical (unpaired) electrons. The highest BCUT2D eigenvalue weighted by Gasteiger charge is 2.24. The monoisotopic (exact) mass is 364 g/mol. The van der Waals surface area contributed by atoms with E-state index in [-0.39, 0.29) is 5.91 Å². The van der Waals surface area contributed by atoms with E-state index in [0.717, 1.165) is 24.5 Å². The molecular formula is C18H18Cl2N2O2. The lowest BCUT2D eigenvalue weighted by Crippen LogP contribution is -2.48. The molecule has 0 atom stereocenters. The van der Waals surface area contributed by atoms with Crippen LogP contribution in [0.15, 0.2) is 42.5 Å². The van der Waals surface area contributed by atoms with Gasteiger partial charge >= 0.3 is 0 Å². The summed E-state index contributed by atoms with van der Waals surface area (Å²) in [5.41, 5.74) is 1.62. The van der Waals surface area contributed by atoms with Crippen molar-refractivity contribution in [2.45, 2.75) is 0 Å². The van der Waals surface area contributed by atoms with Crippen molar-refractivity contribution in [3.8, 4) is 5.75 Å². The SMILES string of the molecule is COc1ccccc1N1CCN(C(=O)c2ccc(Cl)c(Cl)c2)CC1. The predicted octanol–water partition coefficient (Wildman–Crippen LogP) is 3.96. The topological polar surface area (TPSA) is 32.8 Å². The Hall–Kier alpha value is -1.91. The standard InChI is InChI=1S/C18H18Cl2N2O2/c1-24-17-5-3-2-4-16(17)21-8-10-22(11-9-21)18(23)13-6-7-14(19)15(20)12-13/h2-7,12H,8-11H2,1H3. The maximum Gasteiger partial charge on any atom is 0.254 e. The Labute approximate surface area is 151 Å². The minimum atomic E-state index is -0.0201. The third-order valence-electron chi connectivity index (χ3n) is 4.16. The second-order valence-electron chi connectivity index (χ2n) is 5.58. The van der Waals surface area contributed by atoms with Gasteiger partial charge in [0.05, 0.1) is 22.8 Å². The lowest BCUT2D eigenvalue weighted by molar-refractivity contribution is 0.0746. The largest absolute Gasteiger partial charge is 0.495 e. The summed E-state index contributed by atoms with van der Waals surface area (Å²) in [6.45, 7) is 2.81. The van der Waals surface area contributed by atoms with Crippen molar-refractivity contribution >= 4 is 34.8 Å². The molecule has 0 unspecified atom stereocenters. The molecule has 1 saturated heterocycles. The van der Waals surface area contributed by atoms with E-state index in [4.69, 9.17) is 27.9 Å². The van der Waals surface area contributed by atoms with Crippen LogP contribution in [0.5, 0.6) is 5.75 Å². The molecule has 1 heterocycles. The fourth-order valence-corrected chi connectivity index (χ4v) is 3.15. The number of hydrogen-bond acceptors (Lipinski definition) is 3. The van der Waals surface area contributed by atoms with Gasteiger partial charge in [0.25, 0.3) is 5.91 Å². The number of amides is 1. The molecule has 3 rings (SSSR count). The first-order valence-electron chi connectivity index (χ1n) is 7.72. The highest BCUT2D eigenvalue weighted by atomic mass is 35.5. The van der Waals surface area contributed by atoms with E-state index in [1.165, 1.54) is 0 Å². The zero-order valence-corrected chi connectivity index (χ0v) is 14.8. The van der Waals surface area contributed by atoms with Crippen LogP contribution < -0.4 is 9.64 Å². The van der Waals surface area contributed by atoms with Crippen molar-refractivity contribution < 1.29 is 9.53 Å². The normalized spacial score (nSPS) is 14.6. The lowest BCUT2D eigenvalue weighted by Gasteiger charge is -2.36. The van der Waals surface area contributed by atoms with E-state index in [1.54, 1.807) is 25.3 Å². The number of piperazine rings is 1. The lowest BCUT2D eigenvalue weighted by atomic mass is 10.1. The second-order valence-corrected chi connectivity index (χ2v) is 6.39. The van der Waals surface area contributed by atoms with Crippen molar-refractivity contribution in [3.05, 3.63) is 58.1 Å². The molecule has 6 heteroatoms. The van der Waals surface area contributed by atoms with Gasteiger partial charge in [0, 0.05) is 31.7 Å². The molecular weight excluding hydrogens is 347 g/mol. The van der Waals surface area contributed by atoms with Gasteiger partial charge in [0.2, 0.25) is 0 Å². The maximum absolute atomic E-state index is 12.6. The average molecular weight is 365 g/mol. The zero-order valence-electron chi connectivity index (χ0n) is 13.3. The third kappa shape index (κ3) is 3.45. The number of carbonyl (C=O) groups is 1. The summed E-state index contributed by atoms with van der Waals surface area (Å²) >= 11 is 11.9.